The van der Waals surface area contributed by atoms with E-state index >= 15 is 0 Å². The molecule has 0 radical (unpaired) electrons. The average Bonchev–Trinajstić information content (AvgIpc) is 2.89. The van der Waals surface area contributed by atoms with Gasteiger partial charge in [0.05, 0.1) is 12.5 Å². The largest absolute Gasteiger partial charge is 0.462 e. The summed E-state index contributed by atoms with van der Waals surface area (Å²) in [4.78, 5) is 14.5. The Kier molecular flexibility index (Phi) is 2.90. The number of hydrogen-bond donors (Lipinski definition) is 1. The van der Waals surface area contributed by atoms with Gasteiger partial charge in [0.25, 0.3) is 0 Å². The second-order valence-electron chi connectivity index (χ2n) is 7.40. The average molecular weight is 279 g/mol. The highest BCUT2D eigenvalue weighted by Crippen LogP contribution is 2.58. The van der Waals surface area contributed by atoms with Crippen LogP contribution in [-0.2, 0) is 9.53 Å². The van der Waals surface area contributed by atoms with Gasteiger partial charge in [-0.2, -0.15) is 0 Å². The molecule has 1 N–H and O–H groups in total. The third-order valence-corrected chi connectivity index (χ3v) is 6.57. The van der Waals surface area contributed by atoms with E-state index in [0.717, 1.165) is 12.8 Å². The van der Waals surface area contributed by atoms with Crippen molar-refractivity contribution in [3.8, 4) is 0 Å². The molecule has 20 heavy (non-hydrogen) atoms. The van der Waals surface area contributed by atoms with E-state index < -0.39 is 0 Å². The maximum Gasteiger partial charge on any atom is 0.306 e. The highest BCUT2D eigenvalue weighted by molar-refractivity contribution is 5.71. The van der Waals surface area contributed by atoms with Crippen LogP contribution in [0.25, 0.3) is 0 Å². The van der Waals surface area contributed by atoms with E-state index in [-0.39, 0.29) is 35.4 Å². The fraction of sp³-hybridized carbons (Fsp3) is 0.938. The zero-order chi connectivity index (χ0) is 13.9. The van der Waals surface area contributed by atoms with E-state index in [2.05, 4.69) is 11.8 Å². The lowest BCUT2D eigenvalue weighted by Gasteiger charge is -2.61. The zero-order valence-electron chi connectivity index (χ0n) is 12.3. The lowest BCUT2D eigenvalue weighted by Crippen LogP contribution is -2.67. The second kappa shape index (κ2) is 4.44. The van der Waals surface area contributed by atoms with E-state index in [1.807, 2.05) is 0 Å². The van der Waals surface area contributed by atoms with E-state index in [1.54, 1.807) is 0 Å². The summed E-state index contributed by atoms with van der Waals surface area (Å²) >= 11 is 0. The predicted molar refractivity (Wildman–Crippen MR) is 74.0 cm³/mol. The summed E-state index contributed by atoms with van der Waals surface area (Å²) in [6.07, 6.45) is 5.75. The third kappa shape index (κ3) is 1.58. The summed E-state index contributed by atoms with van der Waals surface area (Å²) < 4.78 is 5.80. The second-order valence-corrected chi connectivity index (χ2v) is 7.40. The van der Waals surface area contributed by atoms with Gasteiger partial charge in [-0.05, 0) is 51.1 Å². The first-order valence-electron chi connectivity index (χ1n) is 8.24. The van der Waals surface area contributed by atoms with E-state index in [9.17, 15) is 9.90 Å². The van der Waals surface area contributed by atoms with Gasteiger partial charge in [0.1, 0.15) is 6.10 Å². The van der Waals surface area contributed by atoms with Gasteiger partial charge in [-0.25, -0.2) is 0 Å². The number of rotatable bonds is 0. The summed E-state index contributed by atoms with van der Waals surface area (Å²) in [6, 6.07) is 0.529. The van der Waals surface area contributed by atoms with Gasteiger partial charge in [0.15, 0.2) is 0 Å². The molecule has 4 nitrogen and oxygen atoms in total. The molecule has 3 heterocycles. The van der Waals surface area contributed by atoms with Crippen LogP contribution in [0.2, 0.25) is 0 Å². The molecule has 4 fully saturated rings. The number of carbonyl (C=O) groups is 1. The Balaban J connectivity index is 1.76. The standard InChI is InChI=1S/C16H25NO3/c1-10-8-13-16(11(15(10)19)9-14(18)20-13)5-3-7-17-6-2-4-12(16)17/h10-13,15,19H,2-9H2,1H3/t10-,11?,12+,13+,15-,16-/m0/s1. The van der Waals surface area contributed by atoms with Crippen LogP contribution < -0.4 is 0 Å². The van der Waals surface area contributed by atoms with E-state index in [4.69, 9.17) is 4.74 Å². The van der Waals surface area contributed by atoms with Crippen molar-refractivity contribution in [2.45, 2.75) is 63.7 Å². The van der Waals surface area contributed by atoms with Gasteiger partial charge in [-0.15, -0.1) is 0 Å². The number of piperidine rings is 1. The highest BCUT2D eigenvalue weighted by atomic mass is 16.5. The minimum Gasteiger partial charge on any atom is -0.462 e. The minimum atomic E-state index is -0.334. The predicted octanol–water partition coefficient (Wildman–Crippen LogP) is 1.56. The monoisotopic (exact) mass is 279 g/mol. The topological polar surface area (TPSA) is 49.8 Å². The van der Waals surface area contributed by atoms with E-state index in [0.29, 0.717) is 12.5 Å². The first-order valence-corrected chi connectivity index (χ1v) is 8.24. The number of ether oxygens (including phenoxy) is 1. The van der Waals surface area contributed by atoms with Crippen LogP contribution in [0.4, 0.5) is 0 Å². The van der Waals surface area contributed by atoms with Crippen LogP contribution in [-0.4, -0.2) is 47.3 Å². The quantitative estimate of drug-likeness (QED) is 0.684. The van der Waals surface area contributed by atoms with Gasteiger partial charge in [-0.3, -0.25) is 9.69 Å². The molecule has 4 heteroatoms. The van der Waals surface area contributed by atoms with Gasteiger partial charge in [-0.1, -0.05) is 6.92 Å². The van der Waals surface area contributed by atoms with E-state index in [1.165, 1.54) is 32.4 Å². The fourth-order valence-corrected chi connectivity index (χ4v) is 5.77. The Morgan fingerprint density at radius 2 is 2.15 bits per heavy atom. The van der Waals surface area contributed by atoms with Crippen molar-refractivity contribution in [3.63, 3.8) is 0 Å². The number of aliphatic hydroxyl groups excluding tert-OH is 1. The van der Waals surface area contributed by atoms with Gasteiger partial charge >= 0.3 is 5.97 Å². The van der Waals surface area contributed by atoms with Crippen LogP contribution in [0, 0.1) is 17.3 Å². The van der Waals surface area contributed by atoms with Crippen molar-refractivity contribution >= 4 is 5.97 Å². The van der Waals surface area contributed by atoms with Gasteiger partial charge < -0.3 is 9.84 Å². The fourth-order valence-electron chi connectivity index (χ4n) is 5.77. The molecule has 0 aromatic rings. The lowest BCUT2D eigenvalue weighted by atomic mass is 9.52. The molecule has 0 aromatic heterocycles. The van der Waals surface area contributed by atoms with Crippen molar-refractivity contribution in [1.82, 2.24) is 4.90 Å². The van der Waals surface area contributed by atoms with Gasteiger partial charge in [0, 0.05) is 17.4 Å². The maximum atomic E-state index is 11.9. The SMILES string of the molecule is C[C@H]1C[C@H]2OC(=O)CC([C@H]1O)[C@]21CCCN2CCC[C@@H]21. The molecule has 1 spiro atoms. The van der Waals surface area contributed by atoms with Crippen LogP contribution >= 0.6 is 0 Å². The van der Waals surface area contributed by atoms with Crippen LogP contribution in [0.1, 0.15) is 45.4 Å². The molecule has 4 rings (SSSR count). The summed E-state index contributed by atoms with van der Waals surface area (Å²) in [5.74, 6) is 0.274. The molecular formula is C16H25NO3. The Labute approximate surface area is 120 Å². The molecule has 0 aromatic carbocycles. The summed E-state index contributed by atoms with van der Waals surface area (Å²) in [6.45, 7) is 4.48. The van der Waals surface area contributed by atoms with Crippen molar-refractivity contribution in [1.29, 1.82) is 0 Å². The van der Waals surface area contributed by atoms with Crippen molar-refractivity contribution in [2.24, 2.45) is 17.3 Å². The molecule has 4 aliphatic rings. The first kappa shape index (κ1) is 13.1. The number of fused-ring (bicyclic) bond motifs is 1. The Bertz CT molecular complexity index is 426. The molecule has 0 amide bonds. The summed E-state index contributed by atoms with van der Waals surface area (Å²) in [5.41, 5.74) is 0.0363. The first-order chi connectivity index (χ1) is 9.63. The minimum absolute atomic E-state index is 0.0363. The van der Waals surface area contributed by atoms with Crippen LogP contribution in [0.3, 0.4) is 0 Å². The Morgan fingerprint density at radius 1 is 1.35 bits per heavy atom. The Hall–Kier alpha value is -0.610. The maximum absolute atomic E-state index is 11.9. The van der Waals surface area contributed by atoms with Crippen LogP contribution in [0.5, 0.6) is 0 Å². The molecular weight excluding hydrogens is 254 g/mol. The number of aliphatic hydroxyl groups is 1. The molecule has 1 aliphatic carbocycles. The van der Waals surface area contributed by atoms with Crippen molar-refractivity contribution in [3.05, 3.63) is 0 Å². The van der Waals surface area contributed by atoms with Crippen molar-refractivity contribution in [2.75, 3.05) is 13.1 Å². The summed E-state index contributed by atoms with van der Waals surface area (Å²) in [5, 5.41) is 10.7. The molecule has 1 unspecified atom stereocenters. The van der Waals surface area contributed by atoms with Crippen LogP contribution in [0.15, 0.2) is 0 Å². The number of hydrogen-bond acceptors (Lipinski definition) is 4. The third-order valence-electron chi connectivity index (χ3n) is 6.57. The molecule has 2 bridgehead atoms. The molecule has 112 valence electrons. The molecule has 1 saturated carbocycles. The number of carbonyl (C=O) groups excluding carboxylic acids is 1. The number of esters is 1. The van der Waals surface area contributed by atoms with Gasteiger partial charge in [0.2, 0.25) is 0 Å². The smallest absolute Gasteiger partial charge is 0.306 e. The Morgan fingerprint density at radius 3 is 3.00 bits per heavy atom. The molecule has 3 saturated heterocycles. The zero-order valence-corrected chi connectivity index (χ0v) is 12.3. The summed E-state index contributed by atoms with van der Waals surface area (Å²) in [7, 11) is 0. The highest BCUT2D eigenvalue weighted by Gasteiger charge is 2.63. The lowest BCUT2D eigenvalue weighted by molar-refractivity contribution is -0.228. The molecule has 6 atom stereocenters. The normalized spacial score (nSPS) is 51.9. The van der Waals surface area contributed by atoms with Crippen molar-refractivity contribution < 1.29 is 14.6 Å². The number of nitrogens with zero attached hydrogens (tertiary/aromatic N) is 1. The molecule has 3 aliphatic heterocycles.